The second-order valence-corrected chi connectivity index (χ2v) is 19.9. The summed E-state index contributed by atoms with van der Waals surface area (Å²) >= 11 is 0. The Morgan fingerprint density at radius 1 is 1.05 bits per heavy atom. The molecule has 1 saturated heterocycles. The Hall–Kier alpha value is -4.97. The van der Waals surface area contributed by atoms with Gasteiger partial charge in [-0.25, -0.2) is 18.0 Å². The number of nitrogens with zero attached hydrogens (tertiary/aromatic N) is 2. The van der Waals surface area contributed by atoms with Crippen LogP contribution in [0, 0.1) is 11.3 Å². The molecule has 316 valence electrons. The molecule has 0 unspecified atom stereocenters. The molecule has 7 amide bonds. The van der Waals surface area contributed by atoms with Crippen LogP contribution in [0.25, 0.3) is 6.08 Å². The van der Waals surface area contributed by atoms with Gasteiger partial charge in [-0.2, -0.15) is 0 Å². The van der Waals surface area contributed by atoms with Crippen LogP contribution in [-0.4, -0.2) is 114 Å². The predicted molar refractivity (Wildman–Crippen MR) is 212 cm³/mol. The summed E-state index contributed by atoms with van der Waals surface area (Å²) in [7, 11) is -3.95. The van der Waals surface area contributed by atoms with Crippen LogP contribution in [0.3, 0.4) is 0 Å². The maximum absolute atomic E-state index is 14.7. The van der Waals surface area contributed by atoms with Crippen molar-refractivity contribution in [2.45, 2.75) is 121 Å². The predicted octanol–water partition coefficient (Wildman–Crippen LogP) is 1.82. The summed E-state index contributed by atoms with van der Waals surface area (Å²) in [5.74, 6) is -3.65. The van der Waals surface area contributed by atoms with E-state index in [0.29, 0.717) is 12.8 Å². The van der Waals surface area contributed by atoms with E-state index < -0.39 is 97.7 Å². The smallest absolute Gasteiger partial charge is 0.410 e. The van der Waals surface area contributed by atoms with Crippen molar-refractivity contribution in [3.05, 3.63) is 53.6 Å². The van der Waals surface area contributed by atoms with E-state index in [9.17, 15) is 37.2 Å². The molecule has 3 aliphatic heterocycles. The largest absolute Gasteiger partial charge is 0.444 e. The average molecular weight is 826 g/mol. The number of sulfonamides is 1. The summed E-state index contributed by atoms with van der Waals surface area (Å²) in [6.45, 7) is 14.4. The molecule has 0 radical (unpaired) electrons. The molecule has 6 rings (SSSR count). The lowest BCUT2D eigenvalue weighted by Crippen LogP contribution is -2.62. The van der Waals surface area contributed by atoms with Gasteiger partial charge in [0.05, 0.1) is 31.6 Å². The molecular weight excluding hydrogens is 771 g/mol. The van der Waals surface area contributed by atoms with Gasteiger partial charge in [-0.3, -0.25) is 28.8 Å². The molecule has 18 heteroatoms. The van der Waals surface area contributed by atoms with Gasteiger partial charge in [-0.1, -0.05) is 57.2 Å². The summed E-state index contributed by atoms with van der Waals surface area (Å²) in [6.07, 6.45) is 4.25. The molecule has 6 atom stereocenters. The molecule has 58 heavy (non-hydrogen) atoms. The van der Waals surface area contributed by atoms with Gasteiger partial charge in [0, 0.05) is 24.4 Å². The number of carbonyl (C=O) groups is 6. The zero-order valence-electron chi connectivity index (χ0n) is 33.9. The first-order chi connectivity index (χ1) is 27.1. The van der Waals surface area contributed by atoms with E-state index in [0.717, 1.165) is 16.7 Å². The Labute approximate surface area is 339 Å². The Morgan fingerprint density at radius 2 is 1.78 bits per heavy atom. The van der Waals surface area contributed by atoms with Gasteiger partial charge in [0.2, 0.25) is 27.7 Å². The van der Waals surface area contributed by atoms with Crippen molar-refractivity contribution in [2.24, 2.45) is 11.3 Å². The summed E-state index contributed by atoms with van der Waals surface area (Å²) in [5.41, 5.74) is -0.530. The van der Waals surface area contributed by atoms with Crippen molar-refractivity contribution in [1.29, 1.82) is 0 Å². The van der Waals surface area contributed by atoms with Crippen LogP contribution in [-0.2, 0) is 51.8 Å². The van der Waals surface area contributed by atoms with E-state index in [1.807, 2.05) is 24.3 Å². The molecule has 2 aliphatic carbocycles. The number of urea groups is 1. The fourth-order valence-corrected chi connectivity index (χ4v) is 8.91. The summed E-state index contributed by atoms with van der Waals surface area (Å²) in [4.78, 5) is 86.2. The molecule has 1 aromatic rings. The number of hydrogen-bond donors (Lipinski definition) is 5. The van der Waals surface area contributed by atoms with Crippen LogP contribution < -0.4 is 26.0 Å². The highest BCUT2D eigenvalue weighted by Crippen LogP contribution is 2.45. The number of nitrogens with one attached hydrogen (secondary N) is 5. The number of benzene rings is 1. The first-order valence-corrected chi connectivity index (χ1v) is 21.2. The normalized spacial score (nSPS) is 28.5. The Balaban J connectivity index is 1.32. The van der Waals surface area contributed by atoms with E-state index in [1.54, 1.807) is 47.6 Å². The third-order valence-electron chi connectivity index (χ3n) is 10.9. The maximum atomic E-state index is 14.7. The fraction of sp³-hybridized carbons (Fsp3) is 0.600. The van der Waals surface area contributed by atoms with E-state index in [4.69, 9.17) is 9.47 Å². The van der Waals surface area contributed by atoms with Gasteiger partial charge in [-0.15, -0.1) is 6.58 Å². The number of hydrogen-bond acceptors (Lipinski definition) is 10. The topological polar surface area (TPSA) is 222 Å². The highest BCUT2D eigenvalue weighted by molar-refractivity contribution is 7.91. The lowest BCUT2D eigenvalue weighted by Gasteiger charge is -2.36. The standard InChI is InChI=1S/C40H55N7O10S/c1-8-25-18-40(25,35(51)45-58(54,55)27-14-15-27)43-33(49)30-17-26-20-47(30)34(50)31(38(2,3)4)42-32(48)29(41-36(52)44-39(5,6)7)22-56-16-10-13-23-11-9-12-24-19-46(21-28(23)24)37(53)57-26/h8-13,25-27,29-31H,1,14-22H2,2-7H3,(H,42,48)(H,43,49)(H,45,51)(H2,41,44,52)/b13-10-/t25-,26-,29+,30+,31-,40-/m1/s1. The minimum Gasteiger partial charge on any atom is -0.444 e. The highest BCUT2D eigenvalue weighted by Gasteiger charge is 2.62. The van der Waals surface area contributed by atoms with Crippen molar-refractivity contribution < 1.29 is 46.7 Å². The number of ether oxygens (including phenoxy) is 2. The van der Waals surface area contributed by atoms with Crippen molar-refractivity contribution in [3.63, 3.8) is 0 Å². The van der Waals surface area contributed by atoms with Gasteiger partial charge in [0.15, 0.2) is 0 Å². The first kappa shape index (κ1) is 42.6. The van der Waals surface area contributed by atoms with Gasteiger partial charge in [-0.05, 0) is 62.1 Å². The Morgan fingerprint density at radius 3 is 2.41 bits per heavy atom. The summed E-state index contributed by atoms with van der Waals surface area (Å²) < 4.78 is 39.5. The lowest BCUT2D eigenvalue weighted by atomic mass is 9.85. The molecule has 0 spiro atoms. The van der Waals surface area contributed by atoms with Crippen LogP contribution >= 0.6 is 0 Å². The number of amides is 7. The van der Waals surface area contributed by atoms with Crippen molar-refractivity contribution in [2.75, 3.05) is 19.8 Å². The number of rotatable bonds is 7. The van der Waals surface area contributed by atoms with Crippen molar-refractivity contribution >= 4 is 51.9 Å². The van der Waals surface area contributed by atoms with E-state index in [2.05, 4.69) is 32.6 Å². The zero-order valence-corrected chi connectivity index (χ0v) is 34.7. The van der Waals surface area contributed by atoms with Crippen LogP contribution in [0.5, 0.6) is 0 Å². The maximum Gasteiger partial charge on any atom is 0.410 e. The van der Waals surface area contributed by atoms with Gasteiger partial charge >= 0.3 is 12.1 Å². The Bertz CT molecular complexity index is 2000. The molecule has 1 aromatic carbocycles. The number of fused-ring (bicyclic) bond motifs is 3. The SMILES string of the molecule is C=C[C@@H]1C[C@]1(NC(=O)[C@@H]1C[C@@H]2CN1C(=O)[C@H](C(C)(C)C)NC(=O)[C@@H](NC(=O)NC(C)(C)C)COC/C=C\c1cccc3c1CN(C3)C(=O)O2)C(=O)NS(=O)(=O)C1CC1. The summed E-state index contributed by atoms with van der Waals surface area (Å²) in [6, 6.07) is 1.26. The van der Waals surface area contributed by atoms with Gasteiger partial charge in [0.1, 0.15) is 29.8 Å². The minimum absolute atomic E-state index is 0.0778. The second kappa shape index (κ2) is 16.0. The van der Waals surface area contributed by atoms with E-state index >= 15 is 0 Å². The molecule has 0 aromatic heterocycles. The monoisotopic (exact) mass is 825 g/mol. The second-order valence-electron chi connectivity index (χ2n) is 17.9. The molecular formula is C40H55N7O10S. The van der Waals surface area contributed by atoms with E-state index in [1.165, 1.54) is 15.9 Å². The quantitative estimate of drug-likeness (QED) is 0.251. The molecule has 2 saturated carbocycles. The molecule has 17 nitrogen and oxygen atoms in total. The molecule has 4 bridgehead atoms. The first-order valence-electron chi connectivity index (χ1n) is 19.6. The molecule has 5 aliphatic rings. The minimum atomic E-state index is -3.95. The van der Waals surface area contributed by atoms with Crippen molar-refractivity contribution in [3.8, 4) is 0 Å². The number of carbonyl (C=O) groups excluding carboxylic acids is 6. The Kier molecular flexibility index (Phi) is 11.8. The van der Waals surface area contributed by atoms with Crippen LogP contribution in [0.4, 0.5) is 9.59 Å². The van der Waals surface area contributed by atoms with Crippen molar-refractivity contribution in [1.82, 2.24) is 35.8 Å². The van der Waals surface area contributed by atoms with E-state index in [-0.39, 0.29) is 45.7 Å². The molecule has 3 fully saturated rings. The highest BCUT2D eigenvalue weighted by atomic mass is 32.2. The van der Waals surface area contributed by atoms with Crippen LogP contribution in [0.2, 0.25) is 0 Å². The van der Waals surface area contributed by atoms with Crippen LogP contribution in [0.1, 0.15) is 83.9 Å². The third-order valence-corrected chi connectivity index (χ3v) is 12.8. The van der Waals surface area contributed by atoms with Gasteiger partial charge < -0.3 is 35.6 Å². The average Bonchev–Trinajstić information content (AvgIpc) is 4.01. The molecule has 5 N–H and O–H groups in total. The molecule has 3 heterocycles. The van der Waals surface area contributed by atoms with Gasteiger partial charge in [0.25, 0.3) is 5.91 Å². The van der Waals surface area contributed by atoms with Crippen LogP contribution in [0.15, 0.2) is 36.9 Å². The lowest BCUT2D eigenvalue weighted by molar-refractivity contribution is -0.145. The third kappa shape index (κ3) is 9.49. The summed E-state index contributed by atoms with van der Waals surface area (Å²) in [5, 5.41) is 10.3. The zero-order chi connectivity index (χ0) is 42.4. The fourth-order valence-electron chi connectivity index (χ4n) is 7.55.